The molecule has 2 rings (SSSR count). The Balaban J connectivity index is 2.47. The van der Waals surface area contributed by atoms with Crippen LogP contribution in [0, 0.1) is 0 Å². The molecule has 4 heteroatoms. The summed E-state index contributed by atoms with van der Waals surface area (Å²) in [5.41, 5.74) is 2.17. The largest absolute Gasteiger partial charge is 0.303 e. The molecule has 1 aromatic heterocycles. The monoisotopic (exact) mass is 253 g/mol. The number of hydrogen-bond acceptors (Lipinski definition) is 2. The van der Waals surface area contributed by atoms with E-state index in [1.165, 1.54) is 5.39 Å². The lowest BCUT2D eigenvalue weighted by molar-refractivity contribution is 0.398. The first-order valence-electron chi connectivity index (χ1n) is 4.44. The van der Waals surface area contributed by atoms with E-state index in [4.69, 9.17) is 0 Å². The van der Waals surface area contributed by atoms with Gasteiger partial charge in [0.15, 0.2) is 0 Å². The lowest BCUT2D eigenvalue weighted by Gasteiger charge is -2.06. The molecule has 1 N–H and O–H groups in total. The van der Waals surface area contributed by atoms with E-state index >= 15 is 0 Å². The molecule has 2 aromatic rings. The quantitative estimate of drug-likeness (QED) is 0.892. The van der Waals surface area contributed by atoms with Gasteiger partial charge < -0.3 is 4.90 Å². The van der Waals surface area contributed by atoms with Crippen molar-refractivity contribution in [3.05, 3.63) is 28.4 Å². The summed E-state index contributed by atoms with van der Waals surface area (Å²) < 4.78 is 1.07. The van der Waals surface area contributed by atoms with Gasteiger partial charge in [-0.25, -0.2) is 0 Å². The van der Waals surface area contributed by atoms with Crippen molar-refractivity contribution in [2.24, 2.45) is 0 Å². The van der Waals surface area contributed by atoms with Crippen LogP contribution < -0.4 is 0 Å². The Morgan fingerprint density at radius 2 is 2.21 bits per heavy atom. The minimum Gasteiger partial charge on any atom is -0.303 e. The molecule has 0 aliphatic carbocycles. The standard InChI is InChI=1S/C10H12BrN3/c1-14(2)6-10-8-4-3-7(11)5-9(8)12-13-10/h3-5H,6H2,1-2H3,(H,12,13). The van der Waals surface area contributed by atoms with Crippen molar-refractivity contribution in [3.63, 3.8) is 0 Å². The average molecular weight is 254 g/mol. The summed E-state index contributed by atoms with van der Waals surface area (Å²) in [6.45, 7) is 0.863. The second kappa shape index (κ2) is 3.71. The van der Waals surface area contributed by atoms with Crippen molar-refractivity contribution < 1.29 is 0 Å². The SMILES string of the molecule is CN(C)Cc1n[nH]c2cc(Br)ccc12. The number of H-pyrrole nitrogens is 1. The predicted molar refractivity (Wildman–Crippen MR) is 61.2 cm³/mol. The molecule has 74 valence electrons. The average Bonchev–Trinajstić information content (AvgIpc) is 2.47. The highest BCUT2D eigenvalue weighted by molar-refractivity contribution is 9.10. The van der Waals surface area contributed by atoms with Crippen molar-refractivity contribution in [2.45, 2.75) is 6.54 Å². The van der Waals surface area contributed by atoms with Crippen LogP contribution in [-0.4, -0.2) is 29.2 Å². The Kier molecular flexibility index (Phi) is 2.56. The normalized spacial score (nSPS) is 11.4. The van der Waals surface area contributed by atoms with Gasteiger partial charge in [0.2, 0.25) is 0 Å². The minimum atomic E-state index is 0.863. The zero-order valence-corrected chi connectivity index (χ0v) is 9.80. The second-order valence-electron chi connectivity index (χ2n) is 3.60. The van der Waals surface area contributed by atoms with Crippen molar-refractivity contribution in [1.29, 1.82) is 0 Å². The van der Waals surface area contributed by atoms with Gasteiger partial charge in [-0.15, -0.1) is 0 Å². The van der Waals surface area contributed by atoms with Gasteiger partial charge >= 0.3 is 0 Å². The lowest BCUT2D eigenvalue weighted by atomic mass is 10.2. The molecule has 1 heterocycles. The molecule has 0 atom stereocenters. The molecule has 0 aliphatic heterocycles. The maximum absolute atomic E-state index is 4.29. The van der Waals surface area contributed by atoms with Crippen LogP contribution in [0.15, 0.2) is 22.7 Å². The third kappa shape index (κ3) is 1.81. The van der Waals surface area contributed by atoms with Gasteiger partial charge in [-0.1, -0.05) is 15.9 Å². The van der Waals surface area contributed by atoms with Crippen LogP contribution in [0.25, 0.3) is 10.9 Å². The number of rotatable bonds is 2. The number of fused-ring (bicyclic) bond motifs is 1. The molecule has 14 heavy (non-hydrogen) atoms. The molecule has 0 saturated carbocycles. The first-order chi connectivity index (χ1) is 6.66. The van der Waals surface area contributed by atoms with E-state index in [1.54, 1.807) is 0 Å². The summed E-state index contributed by atoms with van der Waals surface area (Å²) in [6.07, 6.45) is 0. The molecule has 3 nitrogen and oxygen atoms in total. The van der Waals surface area contributed by atoms with Gasteiger partial charge in [0.1, 0.15) is 0 Å². The summed E-state index contributed by atoms with van der Waals surface area (Å²) in [5.74, 6) is 0. The van der Waals surface area contributed by atoms with E-state index in [1.807, 2.05) is 26.2 Å². The van der Waals surface area contributed by atoms with E-state index in [0.29, 0.717) is 0 Å². The highest BCUT2D eigenvalue weighted by Gasteiger charge is 2.05. The molecule has 0 aliphatic rings. The summed E-state index contributed by atoms with van der Waals surface area (Å²) in [6, 6.07) is 6.17. The Morgan fingerprint density at radius 1 is 1.43 bits per heavy atom. The Hall–Kier alpha value is -0.870. The summed E-state index contributed by atoms with van der Waals surface area (Å²) in [5, 5.41) is 8.51. The molecular weight excluding hydrogens is 242 g/mol. The number of nitrogens with one attached hydrogen (secondary N) is 1. The van der Waals surface area contributed by atoms with Crippen LogP contribution in [0.1, 0.15) is 5.69 Å². The van der Waals surface area contributed by atoms with E-state index in [0.717, 1.165) is 22.2 Å². The van der Waals surface area contributed by atoms with Gasteiger partial charge in [0, 0.05) is 16.4 Å². The molecule has 0 saturated heterocycles. The molecule has 0 spiro atoms. The van der Waals surface area contributed by atoms with Crippen LogP contribution in [0.2, 0.25) is 0 Å². The van der Waals surface area contributed by atoms with Crippen molar-refractivity contribution >= 4 is 26.8 Å². The van der Waals surface area contributed by atoms with E-state index in [9.17, 15) is 0 Å². The Morgan fingerprint density at radius 3 is 2.93 bits per heavy atom. The van der Waals surface area contributed by atoms with Crippen molar-refractivity contribution in [1.82, 2.24) is 15.1 Å². The van der Waals surface area contributed by atoms with Gasteiger partial charge in [-0.3, -0.25) is 5.10 Å². The van der Waals surface area contributed by atoms with Crippen molar-refractivity contribution in [3.8, 4) is 0 Å². The second-order valence-corrected chi connectivity index (χ2v) is 4.51. The number of hydrogen-bond donors (Lipinski definition) is 1. The van der Waals surface area contributed by atoms with Crippen LogP contribution >= 0.6 is 15.9 Å². The fourth-order valence-electron chi connectivity index (χ4n) is 1.47. The summed E-state index contributed by atoms with van der Waals surface area (Å²) in [7, 11) is 4.08. The van der Waals surface area contributed by atoms with Gasteiger partial charge in [-0.05, 0) is 32.3 Å². The molecule has 0 unspecified atom stereocenters. The first kappa shape index (κ1) is 9.68. The maximum Gasteiger partial charge on any atom is 0.0840 e. The van der Waals surface area contributed by atoms with Gasteiger partial charge in [0.05, 0.1) is 11.2 Å². The number of benzene rings is 1. The van der Waals surface area contributed by atoms with Gasteiger partial charge in [-0.2, -0.15) is 5.10 Å². The molecule has 1 aromatic carbocycles. The number of halogens is 1. The number of nitrogens with zero attached hydrogens (tertiary/aromatic N) is 2. The topological polar surface area (TPSA) is 31.9 Å². The summed E-state index contributed by atoms with van der Waals surface area (Å²) in [4.78, 5) is 2.11. The fourth-order valence-corrected chi connectivity index (χ4v) is 1.83. The van der Waals surface area contributed by atoms with E-state index < -0.39 is 0 Å². The smallest absolute Gasteiger partial charge is 0.0840 e. The number of aromatic amines is 1. The van der Waals surface area contributed by atoms with Crippen LogP contribution in [-0.2, 0) is 6.54 Å². The van der Waals surface area contributed by atoms with Crippen LogP contribution in [0.4, 0.5) is 0 Å². The molecule has 0 fully saturated rings. The lowest BCUT2D eigenvalue weighted by Crippen LogP contribution is -2.11. The minimum absolute atomic E-state index is 0.863. The zero-order valence-electron chi connectivity index (χ0n) is 8.21. The third-order valence-electron chi connectivity index (χ3n) is 2.07. The predicted octanol–water partition coefficient (Wildman–Crippen LogP) is 2.39. The van der Waals surface area contributed by atoms with E-state index in [2.05, 4.69) is 37.1 Å². The zero-order chi connectivity index (χ0) is 10.1. The van der Waals surface area contributed by atoms with E-state index in [-0.39, 0.29) is 0 Å². The highest BCUT2D eigenvalue weighted by atomic mass is 79.9. The molecule has 0 bridgehead atoms. The number of aromatic nitrogens is 2. The Bertz CT molecular complexity index is 448. The van der Waals surface area contributed by atoms with Gasteiger partial charge in [0.25, 0.3) is 0 Å². The summed E-state index contributed by atoms with van der Waals surface area (Å²) >= 11 is 3.43. The highest BCUT2D eigenvalue weighted by Crippen LogP contribution is 2.20. The molecule has 0 amide bonds. The molecular formula is C10H12BrN3. The Labute approximate surface area is 91.2 Å². The van der Waals surface area contributed by atoms with Crippen molar-refractivity contribution in [2.75, 3.05) is 14.1 Å². The maximum atomic E-state index is 4.29. The third-order valence-corrected chi connectivity index (χ3v) is 2.56. The fraction of sp³-hybridized carbons (Fsp3) is 0.300. The molecule has 0 radical (unpaired) electrons. The van der Waals surface area contributed by atoms with Crippen LogP contribution in [0.3, 0.4) is 0 Å². The van der Waals surface area contributed by atoms with Crippen LogP contribution in [0.5, 0.6) is 0 Å². The first-order valence-corrected chi connectivity index (χ1v) is 5.23.